The summed E-state index contributed by atoms with van der Waals surface area (Å²) >= 11 is 0. The van der Waals surface area contributed by atoms with E-state index in [2.05, 4.69) is 264 Å². The van der Waals surface area contributed by atoms with Crippen LogP contribution in [0.15, 0.2) is 255 Å². The van der Waals surface area contributed by atoms with E-state index in [1.807, 2.05) is 0 Å². The van der Waals surface area contributed by atoms with Crippen molar-refractivity contribution in [3.8, 4) is 33.6 Å². The van der Waals surface area contributed by atoms with E-state index in [9.17, 15) is 0 Å². The highest BCUT2D eigenvalue weighted by Gasteiger charge is 2.41. The molecule has 0 saturated heterocycles. The van der Waals surface area contributed by atoms with E-state index in [0.29, 0.717) is 0 Å². The lowest BCUT2D eigenvalue weighted by molar-refractivity contribution is 1.13. The minimum Gasteiger partial charge on any atom is -0.307 e. The first-order chi connectivity index (χ1) is 31.3. The predicted octanol–water partition coefficient (Wildman–Crippen LogP) is 12.6. The lowest BCUT2D eigenvalue weighted by Crippen LogP contribution is -2.74. The third kappa shape index (κ3) is 5.78. The number of benzene rings is 10. The third-order valence-electron chi connectivity index (χ3n) is 13.1. The molecule has 0 bridgehead atoms. The lowest BCUT2D eigenvalue weighted by atomic mass is 10.0. The van der Waals surface area contributed by atoms with E-state index in [1.165, 1.54) is 86.6 Å². The van der Waals surface area contributed by atoms with Crippen molar-refractivity contribution in [3.63, 3.8) is 0 Å². The molecule has 0 unspecified atom stereocenters. The molecule has 0 fully saturated rings. The summed E-state index contributed by atoms with van der Waals surface area (Å²) < 4.78 is 5.12. The quantitative estimate of drug-likeness (QED) is 0.107. The van der Waals surface area contributed by atoms with Crippen LogP contribution in [0.3, 0.4) is 0 Å². The molecule has 12 aromatic rings. The normalized spacial score (nSPS) is 11.8. The van der Waals surface area contributed by atoms with Gasteiger partial charge >= 0.3 is 0 Å². The van der Waals surface area contributed by atoms with E-state index in [0.717, 1.165) is 11.4 Å². The van der Waals surface area contributed by atoms with Crippen LogP contribution < -0.4 is 20.7 Å². The highest BCUT2D eigenvalue weighted by atomic mass is 28.3. The SMILES string of the molecule is c1ccc(-c2ccccc2-n2c3ccccc3c3cccc(-n4c5cc([Si](c6ccccc6)(c6ccccc6)c6ccccc6)ccc5c5cccc(-c6ccccc6)c54)c32)cc1. The van der Waals surface area contributed by atoms with Gasteiger partial charge in [-0.3, -0.25) is 0 Å². The van der Waals surface area contributed by atoms with Crippen molar-refractivity contribution in [1.29, 1.82) is 0 Å². The molecular weight excluding hydrogens is 777 g/mol. The Balaban J connectivity index is 1.26. The molecule has 2 aromatic heterocycles. The maximum atomic E-state index is 2.60. The fraction of sp³-hybridized carbons (Fsp3) is 0. The smallest absolute Gasteiger partial charge is 0.179 e. The van der Waals surface area contributed by atoms with Gasteiger partial charge in [0.2, 0.25) is 0 Å². The zero-order valence-electron chi connectivity index (χ0n) is 34.6. The molecule has 63 heavy (non-hydrogen) atoms. The van der Waals surface area contributed by atoms with Gasteiger partial charge in [0.05, 0.1) is 33.4 Å². The molecule has 0 aliphatic carbocycles. The van der Waals surface area contributed by atoms with Gasteiger partial charge in [-0.15, -0.1) is 0 Å². The van der Waals surface area contributed by atoms with Crippen LogP contribution in [0.4, 0.5) is 0 Å². The summed E-state index contributed by atoms with van der Waals surface area (Å²) in [6, 6.07) is 94.4. The van der Waals surface area contributed by atoms with Crippen molar-refractivity contribution in [1.82, 2.24) is 9.13 Å². The van der Waals surface area contributed by atoms with Gasteiger partial charge in [0.1, 0.15) is 0 Å². The zero-order valence-corrected chi connectivity index (χ0v) is 35.6. The molecule has 296 valence electrons. The van der Waals surface area contributed by atoms with Gasteiger partial charge in [-0.1, -0.05) is 231 Å². The molecule has 10 aromatic carbocycles. The van der Waals surface area contributed by atoms with Gasteiger partial charge in [0.15, 0.2) is 8.07 Å². The summed E-state index contributed by atoms with van der Waals surface area (Å²) in [6.07, 6.45) is 0. The summed E-state index contributed by atoms with van der Waals surface area (Å²) in [4.78, 5) is 0. The lowest BCUT2D eigenvalue weighted by Gasteiger charge is -2.34. The van der Waals surface area contributed by atoms with Gasteiger partial charge in [-0.25, -0.2) is 0 Å². The summed E-state index contributed by atoms with van der Waals surface area (Å²) in [5, 5.41) is 10.3. The van der Waals surface area contributed by atoms with Crippen LogP contribution in [0.2, 0.25) is 0 Å². The second-order valence-corrected chi connectivity index (χ2v) is 20.2. The fourth-order valence-electron chi connectivity index (χ4n) is 10.4. The van der Waals surface area contributed by atoms with Crippen LogP contribution >= 0.6 is 0 Å². The molecule has 0 radical (unpaired) electrons. The number of hydrogen-bond donors (Lipinski definition) is 0. The number of aromatic nitrogens is 2. The van der Waals surface area contributed by atoms with E-state index in [-0.39, 0.29) is 0 Å². The van der Waals surface area contributed by atoms with Gasteiger partial charge in [-0.05, 0) is 56.1 Å². The number of fused-ring (bicyclic) bond motifs is 6. The Labute approximate surface area is 368 Å². The average molecular weight is 819 g/mol. The molecule has 0 amide bonds. The van der Waals surface area contributed by atoms with E-state index < -0.39 is 8.07 Å². The Morgan fingerprint density at radius 2 is 0.683 bits per heavy atom. The first-order valence-corrected chi connectivity index (χ1v) is 23.8. The Morgan fingerprint density at radius 3 is 1.32 bits per heavy atom. The summed E-state index contributed by atoms with van der Waals surface area (Å²) in [6.45, 7) is 0. The van der Waals surface area contributed by atoms with Gasteiger partial charge in [0, 0.05) is 32.7 Å². The van der Waals surface area contributed by atoms with Crippen molar-refractivity contribution in [2.75, 3.05) is 0 Å². The maximum absolute atomic E-state index is 2.87. The predicted molar refractivity (Wildman–Crippen MR) is 270 cm³/mol. The van der Waals surface area contributed by atoms with Crippen LogP contribution in [-0.2, 0) is 0 Å². The Hall–Kier alpha value is -7.98. The van der Waals surface area contributed by atoms with Crippen LogP contribution in [0, 0.1) is 0 Å². The Morgan fingerprint density at radius 1 is 0.254 bits per heavy atom. The van der Waals surface area contributed by atoms with Crippen molar-refractivity contribution in [2.45, 2.75) is 0 Å². The topological polar surface area (TPSA) is 9.86 Å². The second-order valence-electron chi connectivity index (χ2n) is 16.4. The second kappa shape index (κ2) is 15.2. The molecular formula is C60H42N2Si. The molecule has 2 nitrogen and oxygen atoms in total. The number of rotatable bonds is 8. The molecule has 0 aliphatic heterocycles. The fourth-order valence-corrected chi connectivity index (χ4v) is 15.2. The first-order valence-electron chi connectivity index (χ1n) is 21.8. The zero-order chi connectivity index (χ0) is 41.7. The van der Waals surface area contributed by atoms with Crippen molar-refractivity contribution in [2.24, 2.45) is 0 Å². The molecule has 2 heterocycles. The van der Waals surface area contributed by atoms with Gasteiger partial charge < -0.3 is 9.13 Å². The van der Waals surface area contributed by atoms with Crippen LogP contribution in [0.5, 0.6) is 0 Å². The van der Waals surface area contributed by atoms with E-state index in [1.54, 1.807) is 0 Å². The minimum atomic E-state index is -2.87. The monoisotopic (exact) mass is 818 g/mol. The highest BCUT2D eigenvalue weighted by Crippen LogP contribution is 2.43. The number of nitrogens with zero attached hydrogens (tertiary/aromatic N) is 2. The summed E-state index contributed by atoms with van der Waals surface area (Å²) in [5.74, 6) is 0. The number of hydrogen-bond acceptors (Lipinski definition) is 0. The van der Waals surface area contributed by atoms with E-state index >= 15 is 0 Å². The molecule has 0 saturated carbocycles. The molecule has 0 aliphatic rings. The molecule has 3 heteroatoms. The Bertz CT molecular complexity index is 3500. The number of para-hydroxylation sites is 4. The van der Waals surface area contributed by atoms with Crippen molar-refractivity contribution in [3.05, 3.63) is 255 Å². The van der Waals surface area contributed by atoms with Crippen LogP contribution in [-0.4, -0.2) is 17.2 Å². The van der Waals surface area contributed by atoms with Crippen LogP contribution in [0.1, 0.15) is 0 Å². The van der Waals surface area contributed by atoms with Crippen LogP contribution in [0.25, 0.3) is 77.2 Å². The average Bonchev–Trinajstić information content (AvgIpc) is 3.89. The summed E-state index contributed by atoms with van der Waals surface area (Å²) in [7, 11) is -2.87. The first kappa shape index (κ1) is 36.8. The largest absolute Gasteiger partial charge is 0.307 e. The molecule has 12 rings (SSSR count). The standard InChI is InChI=1S/C60H42N2Si/c1-6-22-43(23-7-1)49-32-16-18-37-55(49)61-56-38-19-17-33-51(56)54-36-21-39-57(60(54)61)62-58-42-48(40-41-52(58)53-35-20-34-50(59(53)62)44-24-8-2-9-25-44)63(45-26-10-3-11-27-45,46-28-12-4-13-29-46)47-30-14-5-15-31-47/h1-42H. The third-order valence-corrected chi connectivity index (χ3v) is 17.8. The summed E-state index contributed by atoms with van der Waals surface area (Å²) in [5.41, 5.74) is 11.8. The maximum Gasteiger partial charge on any atom is 0.179 e. The molecule has 0 spiro atoms. The minimum absolute atomic E-state index is 1.14. The van der Waals surface area contributed by atoms with Gasteiger partial charge in [0.25, 0.3) is 0 Å². The van der Waals surface area contributed by atoms with E-state index in [4.69, 9.17) is 0 Å². The van der Waals surface area contributed by atoms with Gasteiger partial charge in [-0.2, -0.15) is 0 Å². The molecule has 0 atom stereocenters. The molecule has 0 N–H and O–H groups in total. The van der Waals surface area contributed by atoms with Crippen molar-refractivity contribution < 1.29 is 0 Å². The Kier molecular flexibility index (Phi) is 8.87. The highest BCUT2D eigenvalue weighted by molar-refractivity contribution is 7.20. The van der Waals surface area contributed by atoms with Crippen molar-refractivity contribution >= 4 is 72.4 Å².